The van der Waals surface area contributed by atoms with Gasteiger partial charge >= 0.3 is 0 Å². The van der Waals surface area contributed by atoms with Crippen molar-refractivity contribution in [2.45, 2.75) is 0 Å². The number of hydrogen-bond donors (Lipinski definition) is 1. The predicted octanol–water partition coefficient (Wildman–Crippen LogP) is 2.61. The normalized spacial score (nSPS) is 10.6. The summed E-state index contributed by atoms with van der Waals surface area (Å²) in [6, 6.07) is 10.8. The Morgan fingerprint density at radius 3 is 2.62 bits per heavy atom. The van der Waals surface area contributed by atoms with Crippen molar-refractivity contribution >= 4 is 10.9 Å². The predicted molar refractivity (Wildman–Crippen MR) is 80.9 cm³/mol. The molecule has 2 heterocycles. The highest BCUT2D eigenvalue weighted by molar-refractivity contribution is 5.81. The molecule has 1 N–H and O–H groups in total. The number of benzene rings is 1. The third-order valence-electron chi connectivity index (χ3n) is 3.31. The van der Waals surface area contributed by atoms with E-state index in [0.29, 0.717) is 28.1 Å². The highest BCUT2D eigenvalue weighted by Gasteiger charge is 2.09. The lowest BCUT2D eigenvalue weighted by Gasteiger charge is -2.10. The summed E-state index contributed by atoms with van der Waals surface area (Å²) in [5, 5.41) is 0.571. The number of hydrogen-bond acceptors (Lipinski definition) is 4. The van der Waals surface area contributed by atoms with Crippen molar-refractivity contribution < 1.29 is 9.47 Å². The number of aromatic amines is 1. The summed E-state index contributed by atoms with van der Waals surface area (Å²) in [5.74, 6) is 1.25. The van der Waals surface area contributed by atoms with Gasteiger partial charge in [0.15, 0.2) is 11.5 Å². The van der Waals surface area contributed by atoms with Gasteiger partial charge in [-0.3, -0.25) is 9.78 Å². The maximum absolute atomic E-state index is 12.1. The SMILES string of the molecule is COc1ccc(-c2cc3ncccc3c(=O)[nH]2)cc1OC. The molecule has 3 rings (SSSR count). The van der Waals surface area contributed by atoms with Gasteiger partial charge in [0.1, 0.15) is 0 Å². The second-order valence-electron chi connectivity index (χ2n) is 4.52. The van der Waals surface area contributed by atoms with E-state index in [1.54, 1.807) is 38.6 Å². The van der Waals surface area contributed by atoms with Gasteiger partial charge in [0.05, 0.1) is 30.8 Å². The van der Waals surface area contributed by atoms with Crippen LogP contribution in [0.2, 0.25) is 0 Å². The monoisotopic (exact) mass is 282 g/mol. The van der Waals surface area contributed by atoms with Gasteiger partial charge in [0.2, 0.25) is 0 Å². The van der Waals surface area contributed by atoms with Crippen LogP contribution in [-0.2, 0) is 0 Å². The van der Waals surface area contributed by atoms with Gasteiger partial charge in [-0.1, -0.05) is 0 Å². The molecule has 0 fully saturated rings. The van der Waals surface area contributed by atoms with Gasteiger partial charge in [-0.25, -0.2) is 0 Å². The van der Waals surface area contributed by atoms with Gasteiger partial charge in [-0.15, -0.1) is 0 Å². The first-order chi connectivity index (χ1) is 10.2. The van der Waals surface area contributed by atoms with Gasteiger partial charge in [-0.2, -0.15) is 0 Å². The lowest BCUT2D eigenvalue weighted by Crippen LogP contribution is -2.07. The van der Waals surface area contributed by atoms with Gasteiger partial charge in [-0.05, 0) is 36.4 Å². The number of nitrogens with one attached hydrogen (secondary N) is 1. The Hall–Kier alpha value is -2.82. The average Bonchev–Trinajstić information content (AvgIpc) is 2.54. The molecule has 0 aliphatic rings. The highest BCUT2D eigenvalue weighted by Crippen LogP contribution is 2.31. The van der Waals surface area contributed by atoms with Crippen LogP contribution in [0, 0.1) is 0 Å². The molecular weight excluding hydrogens is 268 g/mol. The van der Waals surface area contributed by atoms with Gasteiger partial charge < -0.3 is 14.5 Å². The van der Waals surface area contributed by atoms with Crippen molar-refractivity contribution in [1.29, 1.82) is 0 Å². The first kappa shape index (κ1) is 13.2. The van der Waals surface area contributed by atoms with E-state index in [4.69, 9.17) is 9.47 Å². The van der Waals surface area contributed by atoms with Crippen molar-refractivity contribution in [3.05, 3.63) is 52.9 Å². The summed E-state index contributed by atoms with van der Waals surface area (Å²) < 4.78 is 10.5. The van der Waals surface area contributed by atoms with E-state index in [2.05, 4.69) is 9.97 Å². The molecular formula is C16H14N2O3. The molecule has 3 aromatic rings. The van der Waals surface area contributed by atoms with E-state index in [1.165, 1.54) is 0 Å². The molecule has 21 heavy (non-hydrogen) atoms. The summed E-state index contributed by atoms with van der Waals surface area (Å²) >= 11 is 0. The van der Waals surface area contributed by atoms with E-state index in [9.17, 15) is 4.79 Å². The van der Waals surface area contributed by atoms with Gasteiger partial charge in [0.25, 0.3) is 5.56 Å². The zero-order valence-electron chi connectivity index (χ0n) is 11.7. The molecule has 0 amide bonds. The van der Waals surface area contributed by atoms with Crippen LogP contribution in [0.4, 0.5) is 0 Å². The van der Waals surface area contributed by atoms with Crippen LogP contribution in [0.15, 0.2) is 47.4 Å². The van der Waals surface area contributed by atoms with E-state index >= 15 is 0 Å². The molecule has 0 saturated carbocycles. The van der Waals surface area contributed by atoms with Crippen LogP contribution in [0.5, 0.6) is 11.5 Å². The molecule has 0 saturated heterocycles. The number of fused-ring (bicyclic) bond motifs is 1. The molecule has 0 radical (unpaired) electrons. The smallest absolute Gasteiger partial charge is 0.257 e. The lowest BCUT2D eigenvalue weighted by atomic mass is 10.1. The Labute approximate surface area is 121 Å². The Balaban J connectivity index is 2.18. The maximum Gasteiger partial charge on any atom is 0.257 e. The summed E-state index contributed by atoms with van der Waals surface area (Å²) in [6.45, 7) is 0. The molecule has 0 aliphatic heterocycles. The van der Waals surface area contributed by atoms with Crippen LogP contribution in [0.25, 0.3) is 22.2 Å². The zero-order chi connectivity index (χ0) is 14.8. The Morgan fingerprint density at radius 2 is 1.86 bits per heavy atom. The van der Waals surface area contributed by atoms with E-state index in [0.717, 1.165) is 5.56 Å². The number of aromatic nitrogens is 2. The first-order valence-corrected chi connectivity index (χ1v) is 6.43. The zero-order valence-corrected chi connectivity index (χ0v) is 11.7. The molecule has 0 spiro atoms. The number of ether oxygens (including phenoxy) is 2. The lowest BCUT2D eigenvalue weighted by molar-refractivity contribution is 0.355. The van der Waals surface area contributed by atoms with E-state index in [1.807, 2.05) is 18.2 Å². The molecule has 1 aromatic carbocycles. The average molecular weight is 282 g/mol. The Kier molecular flexibility index (Phi) is 3.31. The standard InChI is InChI=1S/C16H14N2O3/c1-20-14-6-5-10(8-15(14)21-2)12-9-13-11(16(19)18-12)4-3-7-17-13/h3-9H,1-2H3,(H,18,19). The summed E-state index contributed by atoms with van der Waals surface area (Å²) in [6.07, 6.45) is 1.67. The third-order valence-corrected chi connectivity index (χ3v) is 3.31. The minimum atomic E-state index is -0.162. The van der Waals surface area contributed by atoms with E-state index in [-0.39, 0.29) is 5.56 Å². The topological polar surface area (TPSA) is 64.2 Å². The summed E-state index contributed by atoms with van der Waals surface area (Å²) in [4.78, 5) is 19.2. The minimum Gasteiger partial charge on any atom is -0.493 e. The van der Waals surface area contributed by atoms with Crippen LogP contribution < -0.4 is 15.0 Å². The number of nitrogens with zero attached hydrogens (tertiary/aromatic N) is 1. The number of pyridine rings is 2. The van der Waals surface area contributed by atoms with Crippen LogP contribution in [-0.4, -0.2) is 24.2 Å². The highest BCUT2D eigenvalue weighted by atomic mass is 16.5. The molecule has 0 aliphatic carbocycles. The Morgan fingerprint density at radius 1 is 1.05 bits per heavy atom. The van der Waals surface area contributed by atoms with E-state index < -0.39 is 0 Å². The number of H-pyrrole nitrogens is 1. The maximum atomic E-state index is 12.1. The quantitative estimate of drug-likeness (QED) is 0.802. The van der Waals surface area contributed by atoms with Crippen LogP contribution in [0.3, 0.4) is 0 Å². The van der Waals surface area contributed by atoms with Crippen molar-refractivity contribution in [3.63, 3.8) is 0 Å². The molecule has 5 nitrogen and oxygen atoms in total. The molecule has 2 aromatic heterocycles. The van der Waals surface area contributed by atoms with Crippen LogP contribution in [0.1, 0.15) is 0 Å². The van der Waals surface area contributed by atoms with Crippen molar-refractivity contribution in [1.82, 2.24) is 9.97 Å². The molecule has 5 heteroatoms. The second kappa shape index (κ2) is 5.28. The molecule has 0 bridgehead atoms. The summed E-state index contributed by atoms with van der Waals surface area (Å²) in [5.41, 5.74) is 2.01. The minimum absolute atomic E-state index is 0.162. The first-order valence-electron chi connectivity index (χ1n) is 6.43. The molecule has 0 atom stereocenters. The van der Waals surface area contributed by atoms with Crippen LogP contribution >= 0.6 is 0 Å². The fourth-order valence-corrected chi connectivity index (χ4v) is 2.25. The fraction of sp³-hybridized carbons (Fsp3) is 0.125. The third kappa shape index (κ3) is 2.33. The largest absolute Gasteiger partial charge is 0.493 e. The van der Waals surface area contributed by atoms with Gasteiger partial charge in [0, 0.05) is 11.8 Å². The second-order valence-corrected chi connectivity index (χ2v) is 4.52. The summed E-state index contributed by atoms with van der Waals surface area (Å²) in [7, 11) is 3.16. The van der Waals surface area contributed by atoms with Crippen molar-refractivity contribution in [2.75, 3.05) is 14.2 Å². The number of methoxy groups -OCH3 is 2. The van der Waals surface area contributed by atoms with Crippen molar-refractivity contribution in [2.24, 2.45) is 0 Å². The molecule has 106 valence electrons. The Bertz CT molecular complexity index is 856. The number of rotatable bonds is 3. The molecule has 0 unspecified atom stereocenters. The fourth-order valence-electron chi connectivity index (χ4n) is 2.25. The van der Waals surface area contributed by atoms with Crippen molar-refractivity contribution in [3.8, 4) is 22.8 Å².